The normalized spacial score (nSPS) is 47.0. The smallest absolute Gasteiger partial charge is 0.0308 e. The fraction of sp³-hybridized carbons (Fsp3) is 1.00. The molecule has 0 aromatic heterocycles. The van der Waals surface area contributed by atoms with Crippen molar-refractivity contribution < 1.29 is 0 Å². The van der Waals surface area contributed by atoms with Gasteiger partial charge in [-0.05, 0) is 48.3 Å². The summed E-state index contributed by atoms with van der Waals surface area (Å²) in [5, 5.41) is 0. The fourth-order valence-electron chi connectivity index (χ4n) is 4.07. The molecule has 12 heavy (non-hydrogen) atoms. The van der Waals surface area contributed by atoms with Crippen molar-refractivity contribution in [2.75, 3.05) is 0 Å². The van der Waals surface area contributed by atoms with Gasteiger partial charge >= 0.3 is 0 Å². The van der Waals surface area contributed by atoms with Crippen molar-refractivity contribution >= 4 is 0 Å². The van der Waals surface area contributed by atoms with Crippen LogP contribution in [-0.4, -0.2) is 0 Å². The predicted octanol–water partition coefficient (Wildman–Crippen LogP) is 3.71. The molecule has 2 fully saturated rings. The van der Waals surface area contributed by atoms with E-state index in [4.69, 9.17) is 0 Å². The van der Waals surface area contributed by atoms with Gasteiger partial charge in [0.15, 0.2) is 0 Å². The van der Waals surface area contributed by atoms with E-state index in [9.17, 15) is 0 Å². The minimum absolute atomic E-state index is 0.555. The topological polar surface area (TPSA) is 0 Å². The summed E-state index contributed by atoms with van der Waals surface area (Å²) in [6.45, 7) is 9.76. The average Bonchev–Trinajstić information content (AvgIpc) is 2.42. The van der Waals surface area contributed by atoms with Crippen molar-refractivity contribution in [2.24, 2.45) is 29.1 Å². The van der Waals surface area contributed by atoms with Crippen molar-refractivity contribution in [1.82, 2.24) is 0 Å². The van der Waals surface area contributed by atoms with Crippen molar-refractivity contribution in [3.05, 3.63) is 0 Å². The van der Waals surface area contributed by atoms with Gasteiger partial charge in [0.05, 0.1) is 0 Å². The predicted molar refractivity (Wildman–Crippen MR) is 52.9 cm³/mol. The maximum absolute atomic E-state index is 2.49. The SMILES string of the molecule is C[C@H]1C2CCC(C2)[C@@H]1C(C)(C)C. The highest BCUT2D eigenvalue weighted by molar-refractivity contribution is 4.98. The van der Waals surface area contributed by atoms with Crippen molar-refractivity contribution in [2.45, 2.75) is 47.0 Å². The van der Waals surface area contributed by atoms with E-state index in [1.165, 1.54) is 12.8 Å². The summed E-state index contributed by atoms with van der Waals surface area (Å²) in [7, 11) is 0. The Hall–Kier alpha value is 0. The molecule has 0 heterocycles. The maximum atomic E-state index is 2.49. The van der Waals surface area contributed by atoms with Crippen LogP contribution in [0.15, 0.2) is 0 Å². The first kappa shape index (κ1) is 8.59. The van der Waals surface area contributed by atoms with E-state index < -0.39 is 0 Å². The summed E-state index contributed by atoms with van der Waals surface area (Å²) in [6.07, 6.45) is 4.60. The van der Waals surface area contributed by atoms with Crippen LogP contribution in [0.1, 0.15) is 47.0 Å². The Morgan fingerprint density at radius 3 is 1.92 bits per heavy atom. The second-order valence-corrected chi connectivity index (χ2v) is 6.08. The molecule has 70 valence electrons. The van der Waals surface area contributed by atoms with Gasteiger partial charge < -0.3 is 0 Å². The van der Waals surface area contributed by atoms with Crippen LogP contribution < -0.4 is 0 Å². The van der Waals surface area contributed by atoms with E-state index in [1.54, 1.807) is 6.42 Å². The Kier molecular flexibility index (Phi) is 1.79. The number of hydrogen-bond acceptors (Lipinski definition) is 0. The molecule has 0 nitrogen and oxygen atoms in total. The molecule has 2 bridgehead atoms. The zero-order valence-electron chi connectivity index (χ0n) is 8.93. The lowest BCUT2D eigenvalue weighted by molar-refractivity contribution is 0.106. The van der Waals surface area contributed by atoms with E-state index in [0.29, 0.717) is 5.41 Å². The van der Waals surface area contributed by atoms with E-state index in [2.05, 4.69) is 27.7 Å². The van der Waals surface area contributed by atoms with Crippen LogP contribution in [0.4, 0.5) is 0 Å². The number of hydrogen-bond donors (Lipinski definition) is 0. The van der Waals surface area contributed by atoms with Crippen LogP contribution in [-0.2, 0) is 0 Å². The standard InChI is InChI=1S/C12H22/c1-8-9-5-6-10(7-9)11(8)12(2,3)4/h8-11H,5-7H2,1-4H3/t8-,9?,10?,11+/m0/s1. The quantitative estimate of drug-likeness (QED) is 0.514. The lowest BCUT2D eigenvalue weighted by atomic mass is 9.67. The second kappa shape index (κ2) is 2.49. The minimum atomic E-state index is 0.555. The van der Waals surface area contributed by atoms with E-state index in [0.717, 1.165) is 23.7 Å². The van der Waals surface area contributed by atoms with Gasteiger partial charge in [0.1, 0.15) is 0 Å². The lowest BCUT2D eigenvalue weighted by Gasteiger charge is -2.38. The number of fused-ring (bicyclic) bond motifs is 2. The Morgan fingerprint density at radius 1 is 1.00 bits per heavy atom. The molecule has 0 aromatic rings. The monoisotopic (exact) mass is 166 g/mol. The van der Waals surface area contributed by atoms with Crippen molar-refractivity contribution in [3.8, 4) is 0 Å². The van der Waals surface area contributed by atoms with Crippen LogP contribution >= 0.6 is 0 Å². The fourth-order valence-corrected chi connectivity index (χ4v) is 4.07. The van der Waals surface area contributed by atoms with Gasteiger partial charge in [-0.1, -0.05) is 27.7 Å². The largest absolute Gasteiger partial charge is 0.0619 e. The first-order valence-corrected chi connectivity index (χ1v) is 5.50. The third-order valence-electron chi connectivity index (χ3n) is 4.33. The zero-order valence-corrected chi connectivity index (χ0v) is 8.93. The van der Waals surface area contributed by atoms with Gasteiger partial charge in [0.2, 0.25) is 0 Å². The molecule has 0 aromatic carbocycles. The molecule has 0 N–H and O–H groups in total. The van der Waals surface area contributed by atoms with E-state index in [-0.39, 0.29) is 0 Å². The molecule has 0 radical (unpaired) electrons. The van der Waals surface area contributed by atoms with E-state index in [1.807, 2.05) is 0 Å². The Balaban J connectivity index is 2.17. The van der Waals surface area contributed by atoms with Gasteiger partial charge in [-0.25, -0.2) is 0 Å². The summed E-state index contributed by atoms with van der Waals surface area (Å²) in [5.74, 6) is 4.17. The molecule has 2 unspecified atom stereocenters. The first-order valence-electron chi connectivity index (χ1n) is 5.50. The van der Waals surface area contributed by atoms with E-state index >= 15 is 0 Å². The van der Waals surface area contributed by atoms with Gasteiger partial charge in [-0.3, -0.25) is 0 Å². The molecule has 0 saturated heterocycles. The summed E-state index contributed by atoms with van der Waals surface area (Å²) < 4.78 is 0. The maximum Gasteiger partial charge on any atom is -0.0308 e. The van der Waals surface area contributed by atoms with Crippen LogP contribution in [0.3, 0.4) is 0 Å². The summed E-state index contributed by atoms with van der Waals surface area (Å²) in [5.41, 5.74) is 0.555. The van der Waals surface area contributed by atoms with Crippen LogP contribution in [0.5, 0.6) is 0 Å². The summed E-state index contributed by atoms with van der Waals surface area (Å²) >= 11 is 0. The molecule has 0 spiro atoms. The van der Waals surface area contributed by atoms with Gasteiger partial charge in [0, 0.05) is 0 Å². The van der Waals surface area contributed by atoms with Crippen molar-refractivity contribution in [3.63, 3.8) is 0 Å². The van der Waals surface area contributed by atoms with Crippen LogP contribution in [0.2, 0.25) is 0 Å². The molecule has 2 rings (SSSR count). The third-order valence-corrected chi connectivity index (χ3v) is 4.33. The third kappa shape index (κ3) is 1.11. The molecule has 0 heteroatoms. The highest BCUT2D eigenvalue weighted by Gasteiger charge is 2.49. The first-order chi connectivity index (χ1) is 5.50. The van der Waals surface area contributed by atoms with Crippen molar-refractivity contribution in [1.29, 1.82) is 0 Å². The van der Waals surface area contributed by atoms with Gasteiger partial charge in [0.25, 0.3) is 0 Å². The van der Waals surface area contributed by atoms with Gasteiger partial charge in [-0.15, -0.1) is 0 Å². The Morgan fingerprint density at radius 2 is 1.58 bits per heavy atom. The Bertz CT molecular complexity index is 173. The highest BCUT2D eigenvalue weighted by Crippen LogP contribution is 2.57. The minimum Gasteiger partial charge on any atom is -0.0619 e. The molecule has 0 aliphatic heterocycles. The molecular formula is C12H22. The molecule has 2 aliphatic carbocycles. The molecule has 4 atom stereocenters. The lowest BCUT2D eigenvalue weighted by Crippen LogP contribution is -2.31. The molecule has 2 saturated carbocycles. The zero-order chi connectivity index (χ0) is 8.93. The summed E-state index contributed by atoms with van der Waals surface area (Å²) in [6, 6.07) is 0. The molecule has 2 aliphatic rings. The number of rotatable bonds is 0. The average molecular weight is 166 g/mol. The molecular weight excluding hydrogens is 144 g/mol. The summed E-state index contributed by atoms with van der Waals surface area (Å²) in [4.78, 5) is 0. The molecule has 0 amide bonds. The second-order valence-electron chi connectivity index (χ2n) is 6.08. The Labute approximate surface area is 76.7 Å². The highest BCUT2D eigenvalue weighted by atomic mass is 14.5. The van der Waals surface area contributed by atoms with Crippen LogP contribution in [0, 0.1) is 29.1 Å². The van der Waals surface area contributed by atoms with Gasteiger partial charge in [-0.2, -0.15) is 0 Å². The van der Waals surface area contributed by atoms with Crippen LogP contribution in [0.25, 0.3) is 0 Å².